The average Bonchev–Trinajstić information content (AvgIpc) is 3.27. The van der Waals surface area contributed by atoms with Gasteiger partial charge in [0.1, 0.15) is 17.5 Å². The zero-order valence-corrected chi connectivity index (χ0v) is 18.9. The van der Waals surface area contributed by atoms with Crippen LogP contribution in [0.2, 0.25) is 0 Å². The molecule has 4 aromatic rings. The largest absolute Gasteiger partial charge is 0.378 e. The highest BCUT2D eigenvalue weighted by atomic mass is 19.1. The van der Waals surface area contributed by atoms with Gasteiger partial charge in [-0.05, 0) is 29.8 Å². The number of nitrogens with one attached hydrogen (secondary N) is 1. The summed E-state index contributed by atoms with van der Waals surface area (Å²) >= 11 is 0. The average molecular weight is 461 g/mol. The highest BCUT2D eigenvalue weighted by Crippen LogP contribution is 2.32. The number of pyridine rings is 1. The summed E-state index contributed by atoms with van der Waals surface area (Å²) in [6, 6.07) is 8.75. The fourth-order valence-corrected chi connectivity index (χ4v) is 4.54. The molecule has 5 heterocycles. The maximum Gasteiger partial charge on any atom is 0.228 e. The summed E-state index contributed by atoms with van der Waals surface area (Å²) < 4.78 is 21.5. The van der Waals surface area contributed by atoms with Crippen LogP contribution in [0.3, 0.4) is 0 Å². The molecular weight excluding hydrogens is 435 g/mol. The molecule has 34 heavy (non-hydrogen) atoms. The Labute approximate surface area is 196 Å². The van der Waals surface area contributed by atoms with Gasteiger partial charge in [0, 0.05) is 56.8 Å². The van der Waals surface area contributed by atoms with Gasteiger partial charge < -0.3 is 19.9 Å². The first kappa shape index (κ1) is 20.8. The van der Waals surface area contributed by atoms with Gasteiger partial charge >= 0.3 is 0 Å². The van der Waals surface area contributed by atoms with Gasteiger partial charge in [-0.2, -0.15) is 10.1 Å². The molecule has 9 nitrogen and oxygen atoms in total. The van der Waals surface area contributed by atoms with Crippen LogP contribution in [-0.4, -0.2) is 57.6 Å². The van der Waals surface area contributed by atoms with E-state index in [0.717, 1.165) is 65.5 Å². The summed E-state index contributed by atoms with van der Waals surface area (Å²) in [7, 11) is 1.89. The Morgan fingerprint density at radius 2 is 1.91 bits per heavy atom. The molecule has 6 rings (SSSR count). The van der Waals surface area contributed by atoms with Gasteiger partial charge in [-0.3, -0.25) is 9.67 Å². The van der Waals surface area contributed by atoms with E-state index >= 15 is 0 Å². The van der Waals surface area contributed by atoms with Crippen LogP contribution in [0.25, 0.3) is 10.9 Å². The molecule has 0 bridgehead atoms. The van der Waals surface area contributed by atoms with Crippen molar-refractivity contribution < 1.29 is 9.13 Å². The number of aryl methyl sites for hydroxylation is 1. The summed E-state index contributed by atoms with van der Waals surface area (Å²) in [6.45, 7) is 4.16. The summed E-state index contributed by atoms with van der Waals surface area (Å²) in [4.78, 5) is 18.7. The number of anilines is 4. The van der Waals surface area contributed by atoms with Crippen LogP contribution in [0.15, 0.2) is 42.7 Å². The Balaban J connectivity index is 1.35. The number of aromatic nitrogens is 5. The lowest BCUT2D eigenvalue weighted by atomic mass is 10.0. The van der Waals surface area contributed by atoms with E-state index in [1.54, 1.807) is 16.9 Å². The number of benzene rings is 1. The Hall–Kier alpha value is -3.79. The highest BCUT2D eigenvalue weighted by molar-refractivity contribution is 5.90. The molecular formula is C24H25FN8O. The van der Waals surface area contributed by atoms with Crippen molar-refractivity contribution in [2.75, 3.05) is 48.0 Å². The molecule has 0 atom stereocenters. The third-order valence-electron chi connectivity index (χ3n) is 6.35. The lowest BCUT2D eigenvalue weighted by Crippen LogP contribution is -2.38. The van der Waals surface area contributed by atoms with Crippen molar-refractivity contribution in [3.05, 3.63) is 59.8 Å². The van der Waals surface area contributed by atoms with Gasteiger partial charge in [-0.15, -0.1) is 0 Å². The molecule has 1 aromatic carbocycles. The molecule has 3 aromatic heterocycles. The molecule has 10 heteroatoms. The number of hydrogen-bond donors (Lipinski definition) is 1. The van der Waals surface area contributed by atoms with E-state index < -0.39 is 0 Å². The molecule has 0 amide bonds. The molecule has 1 fully saturated rings. The molecule has 1 N–H and O–H groups in total. The summed E-state index contributed by atoms with van der Waals surface area (Å²) in [5.41, 5.74) is 3.83. The second-order valence-corrected chi connectivity index (χ2v) is 8.57. The maximum absolute atomic E-state index is 14.2. The van der Waals surface area contributed by atoms with Crippen LogP contribution >= 0.6 is 0 Å². The zero-order chi connectivity index (χ0) is 23.1. The van der Waals surface area contributed by atoms with E-state index in [1.165, 1.54) is 12.1 Å². The van der Waals surface area contributed by atoms with E-state index in [9.17, 15) is 4.39 Å². The second-order valence-electron chi connectivity index (χ2n) is 8.57. The maximum atomic E-state index is 14.2. The van der Waals surface area contributed by atoms with Crippen molar-refractivity contribution in [1.82, 2.24) is 24.7 Å². The number of rotatable bonds is 4. The molecule has 0 radical (unpaired) electrons. The SMILES string of the molecule is Cn1nccc1Nc1cnc2c(c1)CN(c1nc(N3CCOCC3)nc3ccc(F)cc13)CC2. The van der Waals surface area contributed by atoms with E-state index in [0.29, 0.717) is 25.7 Å². The molecule has 1 saturated heterocycles. The minimum atomic E-state index is -0.293. The molecule has 2 aliphatic heterocycles. The highest BCUT2D eigenvalue weighted by Gasteiger charge is 2.24. The van der Waals surface area contributed by atoms with Gasteiger partial charge in [-0.1, -0.05) is 0 Å². The topological polar surface area (TPSA) is 84.2 Å². The van der Waals surface area contributed by atoms with E-state index in [-0.39, 0.29) is 5.82 Å². The van der Waals surface area contributed by atoms with Crippen molar-refractivity contribution in [2.24, 2.45) is 7.05 Å². The number of fused-ring (bicyclic) bond motifs is 2. The molecule has 0 aliphatic carbocycles. The standard InChI is InChI=1S/C24H25FN8O/c1-31-22(4-6-27-31)28-18-12-16-15-33(7-5-20(16)26-14-18)23-19-13-17(25)2-3-21(19)29-24(30-23)32-8-10-34-11-9-32/h2-4,6,12-14,28H,5,7-11,15H2,1H3. The van der Waals surface area contributed by atoms with Gasteiger partial charge in [0.05, 0.1) is 36.8 Å². The van der Waals surface area contributed by atoms with Crippen LogP contribution in [0.4, 0.5) is 27.7 Å². The Morgan fingerprint density at radius 1 is 1.03 bits per heavy atom. The van der Waals surface area contributed by atoms with Gasteiger partial charge in [0.2, 0.25) is 5.95 Å². The smallest absolute Gasteiger partial charge is 0.228 e. The van der Waals surface area contributed by atoms with Crippen LogP contribution in [0.5, 0.6) is 0 Å². The fourth-order valence-electron chi connectivity index (χ4n) is 4.54. The van der Waals surface area contributed by atoms with Crippen LogP contribution < -0.4 is 15.1 Å². The third-order valence-corrected chi connectivity index (χ3v) is 6.35. The Bertz CT molecular complexity index is 1350. The third kappa shape index (κ3) is 3.90. The molecule has 0 saturated carbocycles. The monoisotopic (exact) mass is 460 g/mol. The summed E-state index contributed by atoms with van der Waals surface area (Å²) in [5.74, 6) is 2.01. The van der Waals surface area contributed by atoms with Gasteiger partial charge in [0.25, 0.3) is 0 Å². The number of ether oxygens (including phenoxy) is 1. The predicted octanol–water partition coefficient (Wildman–Crippen LogP) is 3.04. The van der Waals surface area contributed by atoms with Crippen molar-refractivity contribution in [1.29, 1.82) is 0 Å². The lowest BCUT2D eigenvalue weighted by Gasteiger charge is -2.32. The molecule has 0 spiro atoms. The minimum Gasteiger partial charge on any atom is -0.378 e. The van der Waals surface area contributed by atoms with Crippen molar-refractivity contribution in [3.8, 4) is 0 Å². The molecule has 174 valence electrons. The molecule has 0 unspecified atom stereocenters. The van der Waals surface area contributed by atoms with Crippen molar-refractivity contribution in [3.63, 3.8) is 0 Å². The number of halogens is 1. The number of hydrogen-bond acceptors (Lipinski definition) is 8. The quantitative estimate of drug-likeness (QED) is 0.498. The van der Waals surface area contributed by atoms with Gasteiger partial charge in [-0.25, -0.2) is 9.37 Å². The first-order chi connectivity index (χ1) is 16.6. The second kappa shape index (κ2) is 8.53. The van der Waals surface area contributed by atoms with E-state index in [1.807, 2.05) is 19.3 Å². The fraction of sp³-hybridized carbons (Fsp3) is 0.333. The van der Waals surface area contributed by atoms with Crippen molar-refractivity contribution in [2.45, 2.75) is 13.0 Å². The Kier molecular flexibility index (Phi) is 5.21. The van der Waals surface area contributed by atoms with Crippen LogP contribution in [0, 0.1) is 5.82 Å². The predicted molar refractivity (Wildman–Crippen MR) is 128 cm³/mol. The number of nitrogens with zero attached hydrogens (tertiary/aromatic N) is 7. The first-order valence-electron chi connectivity index (χ1n) is 11.4. The zero-order valence-electron chi connectivity index (χ0n) is 18.9. The first-order valence-corrected chi connectivity index (χ1v) is 11.4. The minimum absolute atomic E-state index is 0.293. The van der Waals surface area contributed by atoms with Gasteiger partial charge in [0.15, 0.2) is 0 Å². The van der Waals surface area contributed by atoms with Crippen LogP contribution in [0.1, 0.15) is 11.3 Å². The van der Waals surface area contributed by atoms with Crippen molar-refractivity contribution >= 4 is 34.2 Å². The van der Waals surface area contributed by atoms with E-state index in [2.05, 4.69) is 26.3 Å². The molecule has 2 aliphatic rings. The van der Waals surface area contributed by atoms with E-state index in [4.69, 9.17) is 19.7 Å². The van der Waals surface area contributed by atoms with Crippen LogP contribution in [-0.2, 0) is 24.8 Å². The number of morpholine rings is 1. The normalized spacial score (nSPS) is 16.1. The Morgan fingerprint density at radius 3 is 2.74 bits per heavy atom. The summed E-state index contributed by atoms with van der Waals surface area (Å²) in [6.07, 6.45) is 4.39. The summed E-state index contributed by atoms with van der Waals surface area (Å²) in [5, 5.41) is 8.30. The lowest BCUT2D eigenvalue weighted by molar-refractivity contribution is 0.122.